The summed E-state index contributed by atoms with van der Waals surface area (Å²) < 4.78 is 1.79. The highest BCUT2D eigenvalue weighted by molar-refractivity contribution is 9.13. The fraction of sp³-hybridized carbons (Fsp3) is 0.0833. The third kappa shape index (κ3) is 3.35. The van der Waals surface area contributed by atoms with Crippen molar-refractivity contribution in [1.82, 2.24) is 0 Å². The molecule has 1 aromatic carbocycles. The van der Waals surface area contributed by atoms with Crippen molar-refractivity contribution in [3.8, 4) is 0 Å². The molecule has 6 heteroatoms. The average molecular weight is 410 g/mol. The number of rotatable bonds is 3. The number of benzene rings is 1. The molecule has 0 aliphatic rings. The van der Waals surface area contributed by atoms with Gasteiger partial charge in [-0.25, -0.2) is 0 Å². The Morgan fingerprint density at radius 3 is 2.72 bits per heavy atom. The number of hydrogen-bond acceptors (Lipinski definition) is 2. The van der Waals surface area contributed by atoms with E-state index in [0.717, 1.165) is 19.5 Å². The molecule has 0 atom stereocenters. The lowest BCUT2D eigenvalue weighted by Gasteiger charge is -2.04. The number of alkyl halides is 1. The smallest absolute Gasteiger partial charge is 0.265 e. The number of carbonyl (C=O) groups is 1. The van der Waals surface area contributed by atoms with Crippen LogP contribution in [-0.2, 0) is 5.88 Å². The number of nitrogens with one attached hydrogen (secondary N) is 1. The van der Waals surface area contributed by atoms with Gasteiger partial charge in [0.05, 0.1) is 8.66 Å². The zero-order valence-electron chi connectivity index (χ0n) is 9.04. The molecule has 0 bridgehead atoms. The van der Waals surface area contributed by atoms with Crippen LogP contribution in [0.2, 0.25) is 0 Å². The van der Waals surface area contributed by atoms with Gasteiger partial charge in [0.15, 0.2) is 0 Å². The zero-order valence-corrected chi connectivity index (χ0v) is 13.8. The second-order valence-electron chi connectivity index (χ2n) is 3.52. The van der Waals surface area contributed by atoms with E-state index in [1.165, 1.54) is 11.3 Å². The molecule has 0 saturated carbocycles. The van der Waals surface area contributed by atoms with Gasteiger partial charge in [-0.2, -0.15) is 0 Å². The zero-order chi connectivity index (χ0) is 13.1. The first-order valence-corrected chi connectivity index (χ1v) is 7.95. The molecule has 0 aliphatic heterocycles. The molecule has 1 aromatic heterocycles. The van der Waals surface area contributed by atoms with Gasteiger partial charge in [0.25, 0.3) is 5.91 Å². The van der Waals surface area contributed by atoms with Crippen LogP contribution in [0.3, 0.4) is 0 Å². The lowest BCUT2D eigenvalue weighted by molar-refractivity contribution is 0.103. The quantitative estimate of drug-likeness (QED) is 0.688. The van der Waals surface area contributed by atoms with Crippen LogP contribution < -0.4 is 5.32 Å². The molecule has 2 nitrogen and oxygen atoms in total. The molecular weight excluding hydrogens is 401 g/mol. The average Bonchev–Trinajstić information content (AvgIpc) is 2.70. The maximum absolute atomic E-state index is 12.0. The fourth-order valence-electron chi connectivity index (χ4n) is 1.38. The van der Waals surface area contributed by atoms with Gasteiger partial charge < -0.3 is 5.32 Å². The first-order chi connectivity index (χ1) is 8.60. The Morgan fingerprint density at radius 2 is 2.11 bits per heavy atom. The largest absolute Gasteiger partial charge is 0.321 e. The monoisotopic (exact) mass is 407 g/mol. The molecule has 0 unspecified atom stereocenters. The molecule has 0 fully saturated rings. The van der Waals surface area contributed by atoms with Crippen LogP contribution in [0, 0.1) is 0 Å². The number of anilines is 1. The molecule has 0 saturated heterocycles. The van der Waals surface area contributed by atoms with E-state index in [-0.39, 0.29) is 5.91 Å². The van der Waals surface area contributed by atoms with Crippen molar-refractivity contribution in [3.05, 3.63) is 49.0 Å². The Labute approximate surface area is 131 Å². The van der Waals surface area contributed by atoms with Crippen molar-refractivity contribution >= 4 is 66.4 Å². The second-order valence-corrected chi connectivity index (χ2v) is 7.01. The van der Waals surface area contributed by atoms with Crippen molar-refractivity contribution in [2.45, 2.75) is 5.88 Å². The van der Waals surface area contributed by atoms with Crippen molar-refractivity contribution in [3.63, 3.8) is 0 Å². The van der Waals surface area contributed by atoms with Crippen LogP contribution in [0.4, 0.5) is 5.69 Å². The Morgan fingerprint density at radius 1 is 1.33 bits per heavy atom. The lowest BCUT2D eigenvalue weighted by atomic mass is 10.2. The van der Waals surface area contributed by atoms with Crippen molar-refractivity contribution < 1.29 is 4.79 Å². The van der Waals surface area contributed by atoms with E-state index in [4.69, 9.17) is 11.6 Å². The Hall–Kier alpha value is -0.360. The van der Waals surface area contributed by atoms with Crippen molar-refractivity contribution in [2.75, 3.05) is 5.32 Å². The van der Waals surface area contributed by atoms with Gasteiger partial charge in [-0.05, 0) is 55.6 Å². The highest BCUT2D eigenvalue weighted by atomic mass is 79.9. The van der Waals surface area contributed by atoms with Crippen molar-refractivity contribution in [1.29, 1.82) is 0 Å². The topological polar surface area (TPSA) is 29.1 Å². The van der Waals surface area contributed by atoms with E-state index in [9.17, 15) is 4.79 Å². The van der Waals surface area contributed by atoms with Gasteiger partial charge in [0.1, 0.15) is 0 Å². The summed E-state index contributed by atoms with van der Waals surface area (Å²) in [6.07, 6.45) is 0. The maximum Gasteiger partial charge on any atom is 0.265 e. The lowest BCUT2D eigenvalue weighted by Crippen LogP contribution is -2.10. The summed E-state index contributed by atoms with van der Waals surface area (Å²) in [4.78, 5) is 12.6. The Balaban J connectivity index is 2.15. The van der Waals surface area contributed by atoms with Gasteiger partial charge in [-0.15, -0.1) is 22.9 Å². The summed E-state index contributed by atoms with van der Waals surface area (Å²) >= 11 is 13.9. The number of thiophene rings is 1. The molecule has 1 heterocycles. The molecule has 1 N–H and O–H groups in total. The van der Waals surface area contributed by atoms with Crippen LogP contribution in [-0.4, -0.2) is 5.91 Å². The van der Waals surface area contributed by atoms with E-state index >= 15 is 0 Å². The standard InChI is InChI=1S/C12H8Br2ClNOS/c13-9-5-10(18-11(9)14)12(17)16-8-3-1-2-7(4-8)6-15/h1-5H,6H2,(H,16,17). The van der Waals surface area contributed by atoms with Crippen LogP contribution in [0.1, 0.15) is 15.2 Å². The van der Waals surface area contributed by atoms with E-state index in [1.807, 2.05) is 24.3 Å². The SMILES string of the molecule is O=C(Nc1cccc(CCl)c1)c1cc(Br)c(Br)s1. The van der Waals surface area contributed by atoms with Crippen LogP contribution in [0.25, 0.3) is 0 Å². The summed E-state index contributed by atoms with van der Waals surface area (Å²) in [5.74, 6) is 0.304. The predicted molar refractivity (Wildman–Crippen MR) is 83.7 cm³/mol. The molecule has 0 radical (unpaired) electrons. The number of amides is 1. The first kappa shape index (κ1) is 14.1. The van der Waals surface area contributed by atoms with Crippen molar-refractivity contribution in [2.24, 2.45) is 0 Å². The molecular formula is C12H8Br2ClNOS. The summed E-state index contributed by atoms with van der Waals surface area (Å²) in [7, 11) is 0. The number of halogens is 3. The third-order valence-electron chi connectivity index (χ3n) is 2.21. The number of carbonyl (C=O) groups excluding carboxylic acids is 1. The summed E-state index contributed by atoms with van der Waals surface area (Å²) in [5, 5.41) is 2.84. The third-order valence-corrected chi connectivity index (χ3v) is 5.77. The van der Waals surface area contributed by atoms with Gasteiger partial charge in [-0.1, -0.05) is 12.1 Å². The van der Waals surface area contributed by atoms with E-state index < -0.39 is 0 Å². The van der Waals surface area contributed by atoms with Crippen LogP contribution in [0.15, 0.2) is 38.6 Å². The Kier molecular flexibility index (Phi) is 4.84. The molecule has 2 aromatic rings. The van der Waals surface area contributed by atoms with Crippen LogP contribution >= 0.6 is 54.8 Å². The van der Waals surface area contributed by atoms with Gasteiger partial charge in [0, 0.05) is 16.0 Å². The predicted octanol–water partition coefficient (Wildman–Crippen LogP) is 5.26. The highest BCUT2D eigenvalue weighted by Gasteiger charge is 2.12. The molecule has 18 heavy (non-hydrogen) atoms. The first-order valence-electron chi connectivity index (χ1n) is 5.01. The van der Waals surface area contributed by atoms with E-state index in [2.05, 4.69) is 37.2 Å². The fourth-order valence-corrected chi connectivity index (χ4v) is 3.48. The molecule has 1 amide bonds. The van der Waals surface area contributed by atoms with Gasteiger partial charge >= 0.3 is 0 Å². The Bertz CT molecular complexity index is 566. The molecule has 2 rings (SSSR count). The number of hydrogen-bond donors (Lipinski definition) is 1. The normalized spacial score (nSPS) is 10.4. The van der Waals surface area contributed by atoms with Gasteiger partial charge in [-0.3, -0.25) is 4.79 Å². The minimum absolute atomic E-state index is 0.127. The van der Waals surface area contributed by atoms with Crippen LogP contribution in [0.5, 0.6) is 0 Å². The molecule has 0 aliphatic carbocycles. The van der Waals surface area contributed by atoms with E-state index in [1.54, 1.807) is 6.07 Å². The second kappa shape index (κ2) is 6.19. The summed E-state index contributed by atoms with van der Waals surface area (Å²) in [6, 6.07) is 9.28. The summed E-state index contributed by atoms with van der Waals surface area (Å²) in [5.41, 5.74) is 1.72. The highest BCUT2D eigenvalue weighted by Crippen LogP contribution is 2.32. The minimum atomic E-state index is -0.127. The molecule has 94 valence electrons. The summed E-state index contributed by atoms with van der Waals surface area (Å²) in [6.45, 7) is 0. The maximum atomic E-state index is 12.0. The minimum Gasteiger partial charge on any atom is -0.321 e. The van der Waals surface area contributed by atoms with Gasteiger partial charge in [0.2, 0.25) is 0 Å². The van der Waals surface area contributed by atoms with E-state index in [0.29, 0.717) is 10.8 Å². The molecule has 0 spiro atoms.